The summed E-state index contributed by atoms with van der Waals surface area (Å²) in [5.74, 6) is 3.36. The molecule has 0 unspecified atom stereocenters. The second-order valence-electron chi connectivity index (χ2n) is 6.06. The fourth-order valence-corrected chi connectivity index (χ4v) is 2.77. The van der Waals surface area contributed by atoms with Crippen molar-refractivity contribution in [2.24, 2.45) is 4.99 Å². The summed E-state index contributed by atoms with van der Waals surface area (Å²) < 4.78 is 12.8. The lowest BCUT2D eigenvalue weighted by Gasteiger charge is -2.12. The summed E-state index contributed by atoms with van der Waals surface area (Å²) in [7, 11) is 0. The van der Waals surface area contributed by atoms with Crippen LogP contribution >= 0.6 is 0 Å². The molecule has 1 aliphatic rings. The zero-order chi connectivity index (χ0) is 18.9. The van der Waals surface area contributed by atoms with E-state index in [1.54, 1.807) is 6.33 Å². The maximum atomic E-state index is 5.42. The lowest BCUT2D eigenvalue weighted by Crippen LogP contribution is -2.39. The highest BCUT2D eigenvalue weighted by atomic mass is 16.7. The zero-order valence-electron chi connectivity index (χ0n) is 15.6. The van der Waals surface area contributed by atoms with E-state index in [4.69, 9.17) is 9.47 Å². The van der Waals surface area contributed by atoms with E-state index in [2.05, 4.69) is 39.3 Å². The van der Waals surface area contributed by atoms with Crippen molar-refractivity contribution in [3.63, 3.8) is 0 Å². The minimum Gasteiger partial charge on any atom is -0.454 e. The summed E-state index contributed by atoms with van der Waals surface area (Å²) in [6.45, 7) is 8.95. The Morgan fingerprint density at radius 3 is 3.07 bits per heavy atom. The van der Waals surface area contributed by atoms with E-state index in [0.29, 0.717) is 19.9 Å². The number of hydrogen-bond acceptors (Lipinski definition) is 5. The van der Waals surface area contributed by atoms with E-state index in [-0.39, 0.29) is 0 Å². The van der Waals surface area contributed by atoms with Crippen LogP contribution < -0.4 is 20.1 Å². The molecule has 0 atom stereocenters. The summed E-state index contributed by atoms with van der Waals surface area (Å²) in [4.78, 5) is 4.65. The quantitative estimate of drug-likeness (QED) is 0.396. The molecule has 0 spiro atoms. The molecule has 8 heteroatoms. The Kier molecular flexibility index (Phi) is 6.67. The molecule has 0 radical (unpaired) electrons. The second kappa shape index (κ2) is 9.61. The Labute approximate surface area is 159 Å². The number of aliphatic imine (C=N–C) groups is 1. The molecule has 0 bridgehead atoms. The van der Waals surface area contributed by atoms with Crippen molar-refractivity contribution in [1.82, 2.24) is 25.4 Å². The molecule has 2 aromatic rings. The largest absolute Gasteiger partial charge is 0.454 e. The number of guanidine groups is 1. The maximum absolute atomic E-state index is 5.42. The number of ether oxygens (including phenoxy) is 2. The first kappa shape index (κ1) is 18.8. The Balaban J connectivity index is 1.51. The van der Waals surface area contributed by atoms with Gasteiger partial charge in [-0.1, -0.05) is 19.1 Å². The van der Waals surface area contributed by atoms with Crippen LogP contribution in [0.15, 0.2) is 42.2 Å². The average Bonchev–Trinajstić information content (AvgIpc) is 3.34. The first-order chi connectivity index (χ1) is 13.3. The number of benzene rings is 1. The fraction of sp³-hybridized carbons (Fsp3) is 0.421. The first-order valence-electron chi connectivity index (χ1n) is 9.18. The van der Waals surface area contributed by atoms with Crippen molar-refractivity contribution in [3.8, 4) is 11.5 Å². The van der Waals surface area contributed by atoms with Crippen molar-refractivity contribution in [3.05, 3.63) is 48.6 Å². The molecule has 0 amide bonds. The molecule has 1 aliphatic heterocycles. The highest BCUT2D eigenvalue weighted by Crippen LogP contribution is 2.32. The van der Waals surface area contributed by atoms with Crippen LogP contribution in [0, 0.1) is 0 Å². The van der Waals surface area contributed by atoms with Crippen molar-refractivity contribution in [2.45, 2.75) is 26.3 Å². The molecular formula is C19H26N6O2. The summed E-state index contributed by atoms with van der Waals surface area (Å²) in [5, 5.41) is 14.6. The lowest BCUT2D eigenvalue weighted by atomic mass is 10.1. The van der Waals surface area contributed by atoms with E-state index < -0.39 is 0 Å². The molecule has 1 aromatic carbocycles. The van der Waals surface area contributed by atoms with Gasteiger partial charge in [-0.05, 0) is 24.1 Å². The Hall–Kier alpha value is -3.03. The molecular weight excluding hydrogens is 344 g/mol. The number of rotatable bonds is 9. The van der Waals surface area contributed by atoms with E-state index in [0.717, 1.165) is 49.2 Å². The van der Waals surface area contributed by atoms with Gasteiger partial charge in [-0.2, -0.15) is 0 Å². The third-order valence-corrected chi connectivity index (χ3v) is 4.18. The predicted molar refractivity (Wildman–Crippen MR) is 104 cm³/mol. The molecule has 144 valence electrons. The molecule has 2 N–H and O–H groups in total. The molecule has 0 saturated carbocycles. The molecule has 8 nitrogen and oxygen atoms in total. The molecule has 1 aromatic heterocycles. The number of aromatic nitrogens is 3. The van der Waals surface area contributed by atoms with Crippen molar-refractivity contribution in [1.29, 1.82) is 0 Å². The second-order valence-corrected chi connectivity index (χ2v) is 6.06. The Morgan fingerprint density at radius 2 is 2.22 bits per heavy atom. The summed E-state index contributed by atoms with van der Waals surface area (Å²) >= 11 is 0. The highest BCUT2D eigenvalue weighted by Gasteiger charge is 2.12. The summed E-state index contributed by atoms with van der Waals surface area (Å²) in [5.41, 5.74) is 1.17. The van der Waals surface area contributed by atoms with Gasteiger partial charge in [0.25, 0.3) is 0 Å². The van der Waals surface area contributed by atoms with Crippen LogP contribution in [0.4, 0.5) is 0 Å². The number of nitrogens with one attached hydrogen (secondary N) is 2. The van der Waals surface area contributed by atoms with Crippen LogP contribution in [0.2, 0.25) is 0 Å². The van der Waals surface area contributed by atoms with Crippen LogP contribution in [-0.2, 0) is 19.4 Å². The van der Waals surface area contributed by atoms with Gasteiger partial charge in [-0.15, -0.1) is 16.8 Å². The SMILES string of the molecule is C=CCNC(=NCCc1ccc2c(c1)OCO2)NCCn1cnnc1CC. The summed E-state index contributed by atoms with van der Waals surface area (Å²) in [6, 6.07) is 6.01. The maximum Gasteiger partial charge on any atom is 0.231 e. The van der Waals surface area contributed by atoms with Gasteiger partial charge in [0.2, 0.25) is 6.79 Å². The van der Waals surface area contributed by atoms with Crippen LogP contribution in [0.3, 0.4) is 0 Å². The van der Waals surface area contributed by atoms with Crippen LogP contribution in [0.5, 0.6) is 11.5 Å². The lowest BCUT2D eigenvalue weighted by molar-refractivity contribution is 0.174. The normalized spacial score (nSPS) is 12.9. The summed E-state index contributed by atoms with van der Waals surface area (Å²) in [6.07, 6.45) is 5.26. The molecule has 27 heavy (non-hydrogen) atoms. The van der Waals surface area contributed by atoms with Gasteiger partial charge in [0.15, 0.2) is 17.5 Å². The van der Waals surface area contributed by atoms with Crippen molar-refractivity contribution >= 4 is 5.96 Å². The van der Waals surface area contributed by atoms with Gasteiger partial charge in [-0.25, -0.2) is 0 Å². The zero-order valence-corrected chi connectivity index (χ0v) is 15.6. The van der Waals surface area contributed by atoms with Crippen molar-refractivity contribution < 1.29 is 9.47 Å². The van der Waals surface area contributed by atoms with Gasteiger partial charge in [0.1, 0.15) is 12.2 Å². The Morgan fingerprint density at radius 1 is 1.33 bits per heavy atom. The first-order valence-corrected chi connectivity index (χ1v) is 9.18. The number of nitrogens with zero attached hydrogens (tertiary/aromatic N) is 4. The third-order valence-electron chi connectivity index (χ3n) is 4.18. The van der Waals surface area contributed by atoms with Gasteiger partial charge in [0, 0.05) is 32.6 Å². The third kappa shape index (κ3) is 5.22. The van der Waals surface area contributed by atoms with Crippen LogP contribution in [0.25, 0.3) is 0 Å². The highest BCUT2D eigenvalue weighted by molar-refractivity contribution is 5.79. The van der Waals surface area contributed by atoms with Gasteiger partial charge in [-0.3, -0.25) is 4.99 Å². The number of hydrogen-bond donors (Lipinski definition) is 2. The smallest absolute Gasteiger partial charge is 0.231 e. The number of fused-ring (bicyclic) bond motifs is 1. The number of aryl methyl sites for hydroxylation is 1. The predicted octanol–water partition coefficient (Wildman–Crippen LogP) is 1.53. The Bertz CT molecular complexity index is 786. The van der Waals surface area contributed by atoms with E-state index in [9.17, 15) is 0 Å². The van der Waals surface area contributed by atoms with E-state index in [1.807, 2.05) is 28.8 Å². The monoisotopic (exact) mass is 370 g/mol. The van der Waals surface area contributed by atoms with Crippen molar-refractivity contribution in [2.75, 3.05) is 26.4 Å². The van der Waals surface area contributed by atoms with Gasteiger partial charge in [0.05, 0.1) is 0 Å². The van der Waals surface area contributed by atoms with Gasteiger partial charge >= 0.3 is 0 Å². The fourth-order valence-electron chi connectivity index (χ4n) is 2.77. The van der Waals surface area contributed by atoms with Crippen LogP contribution in [-0.4, -0.2) is 47.2 Å². The van der Waals surface area contributed by atoms with Gasteiger partial charge < -0.3 is 24.7 Å². The standard InChI is InChI=1S/C19H26N6O2/c1-3-8-20-19(22-10-11-25-13-23-24-18(25)4-2)21-9-7-15-5-6-16-17(12-15)27-14-26-16/h3,5-6,12-13H,1,4,7-11,14H2,2H3,(H2,20,21,22). The molecule has 2 heterocycles. The minimum atomic E-state index is 0.294. The molecule has 0 saturated heterocycles. The van der Waals surface area contributed by atoms with Crippen LogP contribution in [0.1, 0.15) is 18.3 Å². The van der Waals surface area contributed by atoms with E-state index >= 15 is 0 Å². The molecule has 0 aliphatic carbocycles. The van der Waals surface area contributed by atoms with E-state index in [1.165, 1.54) is 5.56 Å². The topological polar surface area (TPSA) is 85.6 Å². The molecule has 3 rings (SSSR count). The average molecular weight is 370 g/mol. The molecule has 0 fully saturated rings. The minimum absolute atomic E-state index is 0.294.